The SMILES string of the molecule is Cc1cc(C)c(-n2c[n+]([C@@H](C)C(C)(C)C)c(C)n2)c(C)c1.Cc1cc(C)c(-n2c[n+]([C@@H](C)C(C)(C)C)c(C)n2)c(C)c1.F[B-](F)(F)F.F[B-](F)(F)F. The first-order valence-electron chi connectivity index (χ1n) is 17.1. The normalized spacial score (nSPS) is 13.2. The highest BCUT2D eigenvalue weighted by molar-refractivity contribution is 6.50. The molecule has 0 spiro atoms. The van der Waals surface area contributed by atoms with Crippen LogP contribution in [0.5, 0.6) is 0 Å². The molecule has 0 fully saturated rings. The van der Waals surface area contributed by atoms with Gasteiger partial charge in [0, 0.05) is 24.0 Å². The fourth-order valence-corrected chi connectivity index (χ4v) is 5.75. The van der Waals surface area contributed by atoms with E-state index in [0.29, 0.717) is 12.1 Å². The molecule has 0 aliphatic heterocycles. The Morgan fingerprint density at radius 2 is 0.712 bits per heavy atom. The van der Waals surface area contributed by atoms with Gasteiger partial charge in [-0.05, 0) is 88.5 Å². The van der Waals surface area contributed by atoms with Gasteiger partial charge >= 0.3 is 14.5 Å². The summed E-state index contributed by atoms with van der Waals surface area (Å²) in [5.74, 6) is 2.11. The summed E-state index contributed by atoms with van der Waals surface area (Å²) in [5, 5.41) is 9.49. The third kappa shape index (κ3) is 14.7. The van der Waals surface area contributed by atoms with Crippen molar-refractivity contribution >= 4 is 14.5 Å². The van der Waals surface area contributed by atoms with Crippen LogP contribution in [-0.2, 0) is 0 Å². The second-order valence-electron chi connectivity index (χ2n) is 15.6. The predicted molar refractivity (Wildman–Crippen MR) is 194 cm³/mol. The van der Waals surface area contributed by atoms with Crippen LogP contribution in [0.15, 0.2) is 36.9 Å². The molecule has 16 heteroatoms. The first-order valence-corrected chi connectivity index (χ1v) is 17.1. The number of halogens is 8. The zero-order valence-corrected chi connectivity index (χ0v) is 33.5. The minimum atomic E-state index is -6.00. The lowest BCUT2D eigenvalue weighted by molar-refractivity contribution is -0.738. The number of benzene rings is 2. The van der Waals surface area contributed by atoms with Crippen LogP contribution in [-0.4, -0.2) is 34.1 Å². The molecule has 292 valence electrons. The highest BCUT2D eigenvalue weighted by Crippen LogP contribution is 2.28. The van der Waals surface area contributed by atoms with E-state index < -0.39 is 14.5 Å². The van der Waals surface area contributed by atoms with Gasteiger partial charge in [-0.3, -0.25) is 0 Å². The Balaban J connectivity index is 0.000000413. The summed E-state index contributed by atoms with van der Waals surface area (Å²) in [7, 11) is -12.0. The zero-order chi connectivity index (χ0) is 40.9. The second-order valence-corrected chi connectivity index (χ2v) is 15.6. The first-order chi connectivity index (χ1) is 23.2. The summed E-state index contributed by atoms with van der Waals surface area (Å²) in [4.78, 5) is 0. The largest absolute Gasteiger partial charge is 0.673 e. The van der Waals surface area contributed by atoms with Crippen LogP contribution < -0.4 is 9.13 Å². The van der Waals surface area contributed by atoms with Gasteiger partial charge in [-0.25, -0.2) is 9.13 Å². The molecule has 0 bridgehead atoms. The van der Waals surface area contributed by atoms with Gasteiger partial charge in [-0.1, -0.05) is 86.3 Å². The minimum absolute atomic E-state index is 0.209. The Hall–Kier alpha value is -3.71. The van der Waals surface area contributed by atoms with E-state index in [1.807, 2.05) is 9.36 Å². The topological polar surface area (TPSA) is 43.4 Å². The van der Waals surface area contributed by atoms with Crippen molar-refractivity contribution in [2.24, 2.45) is 10.8 Å². The van der Waals surface area contributed by atoms with Crippen LogP contribution >= 0.6 is 0 Å². The van der Waals surface area contributed by atoms with Crippen molar-refractivity contribution in [3.05, 3.63) is 81.9 Å². The van der Waals surface area contributed by atoms with Gasteiger partial charge in [0.15, 0.2) is 0 Å². The lowest BCUT2D eigenvalue weighted by Crippen LogP contribution is -2.45. The Labute approximate surface area is 304 Å². The van der Waals surface area contributed by atoms with E-state index in [9.17, 15) is 34.5 Å². The molecule has 0 saturated heterocycles. The molecule has 2 atom stereocenters. The third-order valence-corrected chi connectivity index (χ3v) is 8.79. The van der Waals surface area contributed by atoms with E-state index in [0.717, 1.165) is 11.6 Å². The molecular formula is C36H56B2F8N6. The minimum Gasteiger partial charge on any atom is -0.418 e. The Kier molecular flexibility index (Phi) is 15.5. The number of nitrogens with zero attached hydrogens (tertiary/aromatic N) is 6. The molecule has 4 rings (SSSR count). The van der Waals surface area contributed by atoms with E-state index in [2.05, 4.69) is 157 Å². The third-order valence-electron chi connectivity index (χ3n) is 8.79. The maximum absolute atomic E-state index is 9.75. The molecule has 0 aliphatic rings. The molecule has 2 heterocycles. The van der Waals surface area contributed by atoms with E-state index in [1.54, 1.807) is 0 Å². The van der Waals surface area contributed by atoms with Crippen molar-refractivity contribution in [3.8, 4) is 11.4 Å². The lowest BCUT2D eigenvalue weighted by atomic mass is 9.88. The lowest BCUT2D eigenvalue weighted by Gasteiger charge is -2.25. The molecule has 52 heavy (non-hydrogen) atoms. The van der Waals surface area contributed by atoms with Gasteiger partial charge in [0.05, 0.1) is 12.1 Å². The monoisotopic (exact) mass is 746 g/mol. The average Bonchev–Trinajstić information content (AvgIpc) is 3.46. The average molecular weight is 746 g/mol. The molecule has 4 aromatic rings. The highest BCUT2D eigenvalue weighted by atomic mass is 19.5. The van der Waals surface area contributed by atoms with Gasteiger partial charge < -0.3 is 34.5 Å². The Morgan fingerprint density at radius 1 is 0.500 bits per heavy atom. The van der Waals surface area contributed by atoms with Crippen molar-refractivity contribution in [1.82, 2.24) is 19.6 Å². The fourth-order valence-electron chi connectivity index (χ4n) is 5.75. The molecule has 0 unspecified atom stereocenters. The maximum Gasteiger partial charge on any atom is 0.673 e. The quantitative estimate of drug-likeness (QED) is 0.119. The van der Waals surface area contributed by atoms with Crippen LogP contribution in [0, 0.1) is 66.2 Å². The van der Waals surface area contributed by atoms with Gasteiger partial charge in [0.2, 0.25) is 12.7 Å². The van der Waals surface area contributed by atoms with Crippen molar-refractivity contribution in [2.45, 2.75) is 123 Å². The summed E-state index contributed by atoms with van der Waals surface area (Å²) in [6, 6.07) is 9.68. The molecule has 0 aliphatic carbocycles. The summed E-state index contributed by atoms with van der Waals surface area (Å²) in [6.07, 6.45) is 4.27. The van der Waals surface area contributed by atoms with E-state index in [4.69, 9.17) is 10.2 Å². The molecule has 0 N–H and O–H groups in total. The molecular weight excluding hydrogens is 690 g/mol. The summed E-state index contributed by atoms with van der Waals surface area (Å²) < 4.78 is 86.6. The summed E-state index contributed by atoms with van der Waals surface area (Å²) in [6.45, 7) is 35.2. The van der Waals surface area contributed by atoms with Crippen LogP contribution in [0.2, 0.25) is 0 Å². The van der Waals surface area contributed by atoms with Crippen molar-refractivity contribution in [3.63, 3.8) is 0 Å². The number of aromatic nitrogens is 6. The van der Waals surface area contributed by atoms with Crippen LogP contribution in [0.3, 0.4) is 0 Å². The maximum atomic E-state index is 9.75. The van der Waals surface area contributed by atoms with Crippen molar-refractivity contribution in [1.29, 1.82) is 0 Å². The zero-order valence-electron chi connectivity index (χ0n) is 33.5. The Morgan fingerprint density at radius 3 is 0.904 bits per heavy atom. The molecule has 2 aromatic heterocycles. The van der Waals surface area contributed by atoms with E-state index in [-0.39, 0.29) is 10.8 Å². The summed E-state index contributed by atoms with van der Waals surface area (Å²) >= 11 is 0. The van der Waals surface area contributed by atoms with Gasteiger partial charge in [-0.15, -0.1) is 0 Å². The van der Waals surface area contributed by atoms with Crippen LogP contribution in [0.4, 0.5) is 34.5 Å². The molecule has 6 nitrogen and oxygen atoms in total. The van der Waals surface area contributed by atoms with Crippen LogP contribution in [0.25, 0.3) is 11.4 Å². The number of hydrogen-bond acceptors (Lipinski definition) is 2. The highest BCUT2D eigenvalue weighted by Gasteiger charge is 2.30. The predicted octanol–water partition coefficient (Wildman–Crippen LogP) is 10.6. The first kappa shape index (κ1) is 46.3. The molecule has 0 radical (unpaired) electrons. The standard InChI is InChI=1S/2C18H28N3.2BF4/c2*1-12-9-13(2)17(14(3)10-12)21-11-20(16(5)19-21)15(4)18(6,7)8;2*2-1(3,4)5/h2*9-11,15H,1-8H3;;/q2*+1;2*-1/t2*15-;;/m00../s1. The van der Waals surface area contributed by atoms with Crippen LogP contribution in [0.1, 0.15) is 113 Å². The molecule has 0 amide bonds. The van der Waals surface area contributed by atoms with Crippen molar-refractivity contribution < 1.29 is 43.7 Å². The smallest absolute Gasteiger partial charge is 0.418 e. The second kappa shape index (κ2) is 17.4. The van der Waals surface area contributed by atoms with Gasteiger partial charge in [0.25, 0.3) is 11.6 Å². The Bertz CT molecular complexity index is 1590. The fraction of sp³-hybridized carbons (Fsp3) is 0.556. The van der Waals surface area contributed by atoms with E-state index >= 15 is 0 Å². The molecule has 2 aromatic carbocycles. The van der Waals surface area contributed by atoms with Crippen molar-refractivity contribution in [2.75, 3.05) is 0 Å². The number of rotatable bonds is 4. The van der Waals surface area contributed by atoms with Gasteiger partial charge in [0.1, 0.15) is 11.4 Å². The van der Waals surface area contributed by atoms with E-state index in [1.165, 1.54) is 44.8 Å². The number of hydrogen-bond donors (Lipinski definition) is 0. The van der Waals surface area contributed by atoms with Gasteiger partial charge in [-0.2, -0.15) is 0 Å². The molecule has 0 saturated carbocycles. The number of aryl methyl sites for hydroxylation is 8. The summed E-state index contributed by atoms with van der Waals surface area (Å²) in [5.41, 5.74) is 10.5.